The Bertz CT molecular complexity index is 308. The molecule has 6 nitrogen and oxygen atoms in total. The van der Waals surface area contributed by atoms with Crippen molar-refractivity contribution in [3.63, 3.8) is 0 Å². The Morgan fingerprint density at radius 1 is 1.33 bits per heavy atom. The molecule has 1 fully saturated rings. The number of urea groups is 1. The first-order valence-electron chi connectivity index (χ1n) is 6.36. The summed E-state index contributed by atoms with van der Waals surface area (Å²) in [6.07, 6.45) is 2.01. The Morgan fingerprint density at radius 2 is 2.00 bits per heavy atom. The van der Waals surface area contributed by atoms with Gasteiger partial charge in [0.25, 0.3) is 0 Å². The van der Waals surface area contributed by atoms with Gasteiger partial charge in [-0.15, -0.1) is 0 Å². The smallest absolute Gasteiger partial charge is 0.326 e. The van der Waals surface area contributed by atoms with E-state index in [1.165, 1.54) is 0 Å². The second-order valence-corrected chi connectivity index (χ2v) is 5.04. The van der Waals surface area contributed by atoms with Crippen LogP contribution in [0.3, 0.4) is 0 Å². The SMILES string of the molecule is CC1CCC(NC(=O)NC(CCO)C(=O)O)C1C. The predicted octanol–water partition coefficient (Wildman–Crippen LogP) is 0.556. The molecular formula is C12H22N2O4. The molecule has 0 radical (unpaired) electrons. The van der Waals surface area contributed by atoms with Crippen molar-refractivity contribution in [3.8, 4) is 0 Å². The van der Waals surface area contributed by atoms with E-state index in [0.717, 1.165) is 12.8 Å². The highest BCUT2D eigenvalue weighted by Gasteiger charge is 2.31. The van der Waals surface area contributed by atoms with Crippen LogP contribution in [0.5, 0.6) is 0 Å². The molecule has 0 bridgehead atoms. The molecule has 6 heteroatoms. The molecule has 0 spiro atoms. The van der Waals surface area contributed by atoms with Gasteiger partial charge in [0.15, 0.2) is 0 Å². The molecule has 4 atom stereocenters. The van der Waals surface area contributed by atoms with Gasteiger partial charge in [0.1, 0.15) is 6.04 Å². The Labute approximate surface area is 107 Å². The lowest BCUT2D eigenvalue weighted by Gasteiger charge is -2.21. The number of amides is 2. The summed E-state index contributed by atoms with van der Waals surface area (Å²) in [5.41, 5.74) is 0. The quantitative estimate of drug-likeness (QED) is 0.579. The summed E-state index contributed by atoms with van der Waals surface area (Å²) in [4.78, 5) is 22.5. The lowest BCUT2D eigenvalue weighted by Crippen LogP contribution is -2.50. The van der Waals surface area contributed by atoms with Gasteiger partial charge in [0, 0.05) is 19.1 Å². The second-order valence-electron chi connectivity index (χ2n) is 5.04. The van der Waals surface area contributed by atoms with Crippen molar-refractivity contribution in [1.82, 2.24) is 10.6 Å². The number of aliphatic hydroxyl groups is 1. The Morgan fingerprint density at radius 3 is 2.44 bits per heavy atom. The maximum atomic E-state index is 11.7. The Balaban J connectivity index is 2.43. The van der Waals surface area contributed by atoms with E-state index in [4.69, 9.17) is 10.2 Å². The van der Waals surface area contributed by atoms with Crippen LogP contribution in [0, 0.1) is 11.8 Å². The molecule has 0 aliphatic heterocycles. The van der Waals surface area contributed by atoms with E-state index in [2.05, 4.69) is 24.5 Å². The molecule has 1 rings (SSSR count). The number of aliphatic hydroxyl groups excluding tert-OH is 1. The molecule has 1 aliphatic carbocycles. The van der Waals surface area contributed by atoms with Gasteiger partial charge in [-0.1, -0.05) is 13.8 Å². The van der Waals surface area contributed by atoms with Gasteiger partial charge in [-0.05, 0) is 24.7 Å². The van der Waals surface area contributed by atoms with Gasteiger partial charge in [0.05, 0.1) is 0 Å². The van der Waals surface area contributed by atoms with Crippen molar-refractivity contribution < 1.29 is 19.8 Å². The molecule has 104 valence electrons. The molecule has 1 saturated carbocycles. The molecule has 18 heavy (non-hydrogen) atoms. The fourth-order valence-electron chi connectivity index (χ4n) is 2.32. The zero-order chi connectivity index (χ0) is 13.7. The van der Waals surface area contributed by atoms with Crippen molar-refractivity contribution in [2.45, 2.75) is 45.2 Å². The average Bonchev–Trinajstić information content (AvgIpc) is 2.60. The van der Waals surface area contributed by atoms with Crippen LogP contribution >= 0.6 is 0 Å². The van der Waals surface area contributed by atoms with Crippen LogP contribution in [0.1, 0.15) is 33.1 Å². The number of carboxylic acid groups (broad SMARTS) is 1. The van der Waals surface area contributed by atoms with E-state index >= 15 is 0 Å². The Hall–Kier alpha value is -1.30. The molecular weight excluding hydrogens is 236 g/mol. The normalized spacial score (nSPS) is 28.7. The highest BCUT2D eigenvalue weighted by Crippen LogP contribution is 2.30. The highest BCUT2D eigenvalue weighted by molar-refractivity contribution is 5.82. The number of rotatable bonds is 5. The minimum Gasteiger partial charge on any atom is -0.480 e. The third-order valence-electron chi connectivity index (χ3n) is 3.80. The fourth-order valence-corrected chi connectivity index (χ4v) is 2.32. The third-order valence-corrected chi connectivity index (χ3v) is 3.80. The zero-order valence-corrected chi connectivity index (χ0v) is 10.8. The summed E-state index contributed by atoms with van der Waals surface area (Å²) < 4.78 is 0. The van der Waals surface area contributed by atoms with Gasteiger partial charge in [0.2, 0.25) is 0 Å². The summed E-state index contributed by atoms with van der Waals surface area (Å²) in [5.74, 6) is -0.160. The topological polar surface area (TPSA) is 98.7 Å². The van der Waals surface area contributed by atoms with Crippen LogP contribution in [0.25, 0.3) is 0 Å². The molecule has 0 aromatic heterocycles. The highest BCUT2D eigenvalue weighted by atomic mass is 16.4. The monoisotopic (exact) mass is 258 g/mol. The van der Waals surface area contributed by atoms with E-state index in [1.54, 1.807) is 0 Å². The van der Waals surface area contributed by atoms with E-state index in [0.29, 0.717) is 11.8 Å². The van der Waals surface area contributed by atoms with Crippen molar-refractivity contribution in [1.29, 1.82) is 0 Å². The zero-order valence-electron chi connectivity index (χ0n) is 10.8. The molecule has 0 saturated heterocycles. The molecule has 4 unspecified atom stereocenters. The summed E-state index contributed by atoms with van der Waals surface area (Å²) in [7, 11) is 0. The average molecular weight is 258 g/mol. The van der Waals surface area contributed by atoms with Gasteiger partial charge < -0.3 is 20.8 Å². The minimum absolute atomic E-state index is 0.0133. The summed E-state index contributed by atoms with van der Waals surface area (Å²) >= 11 is 0. The van der Waals surface area contributed by atoms with Crippen LogP contribution < -0.4 is 10.6 Å². The predicted molar refractivity (Wildman–Crippen MR) is 66.1 cm³/mol. The largest absolute Gasteiger partial charge is 0.480 e. The molecule has 4 N–H and O–H groups in total. The van der Waals surface area contributed by atoms with Crippen molar-refractivity contribution in [2.75, 3.05) is 6.61 Å². The maximum absolute atomic E-state index is 11.7. The van der Waals surface area contributed by atoms with Crippen LogP contribution in [-0.2, 0) is 4.79 Å². The number of carboxylic acids is 1. The molecule has 0 heterocycles. The number of carbonyl (C=O) groups excluding carboxylic acids is 1. The van der Waals surface area contributed by atoms with Crippen LogP contribution in [0.15, 0.2) is 0 Å². The van der Waals surface area contributed by atoms with Crippen LogP contribution in [0.4, 0.5) is 4.79 Å². The second kappa shape index (κ2) is 6.58. The van der Waals surface area contributed by atoms with Gasteiger partial charge in [-0.2, -0.15) is 0 Å². The number of aliphatic carboxylic acids is 1. The Kier molecular flexibility index (Phi) is 5.40. The van der Waals surface area contributed by atoms with Gasteiger partial charge >= 0.3 is 12.0 Å². The van der Waals surface area contributed by atoms with E-state index in [9.17, 15) is 9.59 Å². The molecule has 0 aromatic carbocycles. The summed E-state index contributed by atoms with van der Waals surface area (Å²) in [6, 6.07) is -1.41. The van der Waals surface area contributed by atoms with Crippen LogP contribution in [-0.4, -0.2) is 40.9 Å². The number of nitrogens with one attached hydrogen (secondary N) is 2. The third kappa shape index (κ3) is 3.87. The summed E-state index contributed by atoms with van der Waals surface area (Å²) in [6.45, 7) is 3.97. The van der Waals surface area contributed by atoms with E-state index in [1.807, 2.05) is 0 Å². The van der Waals surface area contributed by atoms with Crippen LogP contribution in [0.2, 0.25) is 0 Å². The lowest BCUT2D eigenvalue weighted by atomic mass is 9.98. The van der Waals surface area contributed by atoms with E-state index < -0.39 is 18.0 Å². The first-order chi connectivity index (χ1) is 8.45. The summed E-state index contributed by atoms with van der Waals surface area (Å²) in [5, 5.41) is 22.8. The van der Waals surface area contributed by atoms with E-state index in [-0.39, 0.29) is 19.1 Å². The van der Waals surface area contributed by atoms with Crippen molar-refractivity contribution in [3.05, 3.63) is 0 Å². The fraction of sp³-hybridized carbons (Fsp3) is 0.833. The number of hydrogen-bond donors (Lipinski definition) is 4. The maximum Gasteiger partial charge on any atom is 0.326 e. The van der Waals surface area contributed by atoms with Crippen molar-refractivity contribution in [2.24, 2.45) is 11.8 Å². The molecule has 1 aliphatic rings. The molecule has 0 aromatic rings. The number of hydrogen-bond acceptors (Lipinski definition) is 3. The first kappa shape index (κ1) is 14.8. The molecule has 2 amide bonds. The van der Waals surface area contributed by atoms with Crippen molar-refractivity contribution >= 4 is 12.0 Å². The standard InChI is InChI=1S/C12H22N2O4/c1-7-3-4-9(8(7)2)13-12(18)14-10(5-6-15)11(16)17/h7-10,15H,3-6H2,1-2H3,(H,16,17)(H2,13,14,18). The lowest BCUT2D eigenvalue weighted by molar-refractivity contribution is -0.139. The first-order valence-corrected chi connectivity index (χ1v) is 6.36. The van der Waals surface area contributed by atoms with Gasteiger partial charge in [-0.25, -0.2) is 9.59 Å². The van der Waals surface area contributed by atoms with Gasteiger partial charge in [-0.3, -0.25) is 0 Å². The minimum atomic E-state index is -1.13. The number of carbonyl (C=O) groups is 2.